The molecule has 2 saturated heterocycles. The number of ether oxygens (including phenoxy) is 1. The number of benzene rings is 1. The zero-order chi connectivity index (χ0) is 17.3. The summed E-state index contributed by atoms with van der Waals surface area (Å²) in [5.74, 6) is 0.554. The number of piperidine rings is 1. The number of nitrogens with two attached hydrogens (primary N) is 1. The van der Waals surface area contributed by atoms with Crippen LogP contribution in [0, 0.1) is 19.8 Å². The molecule has 4 nitrogen and oxygen atoms in total. The summed E-state index contributed by atoms with van der Waals surface area (Å²) in [6, 6.07) is 4.06. The molecule has 24 heavy (non-hydrogen) atoms. The molecule has 2 heterocycles. The van der Waals surface area contributed by atoms with Gasteiger partial charge in [-0.25, -0.2) is 0 Å². The van der Waals surface area contributed by atoms with Gasteiger partial charge in [0.2, 0.25) is 0 Å². The van der Waals surface area contributed by atoms with Crippen molar-refractivity contribution in [2.75, 3.05) is 19.7 Å². The van der Waals surface area contributed by atoms with E-state index < -0.39 is 0 Å². The summed E-state index contributed by atoms with van der Waals surface area (Å²) in [5.41, 5.74) is 8.90. The van der Waals surface area contributed by atoms with Gasteiger partial charge in [-0.2, -0.15) is 0 Å². The van der Waals surface area contributed by atoms with Crippen LogP contribution in [0.4, 0.5) is 0 Å². The molecule has 0 aliphatic carbocycles. The molecule has 1 aromatic carbocycles. The highest BCUT2D eigenvalue weighted by atomic mass is 35.5. The number of carbonyl (C=O) groups is 1. The standard InChI is InChI=1S/C19H27ClN2O2/c1-12-9-16(17(20)10-13(12)2)19(23)22-6-3-14(4-7-22)18-11-15(21)5-8-24-18/h9-10,14-15,18H,3-8,11,21H2,1-2H3. The Morgan fingerprint density at radius 1 is 1.21 bits per heavy atom. The van der Waals surface area contributed by atoms with Crippen molar-refractivity contribution in [2.24, 2.45) is 11.7 Å². The van der Waals surface area contributed by atoms with Gasteiger partial charge in [0.1, 0.15) is 0 Å². The van der Waals surface area contributed by atoms with E-state index in [2.05, 4.69) is 0 Å². The molecule has 132 valence electrons. The van der Waals surface area contributed by atoms with Gasteiger partial charge in [0.25, 0.3) is 5.91 Å². The first kappa shape index (κ1) is 17.7. The lowest BCUT2D eigenvalue weighted by atomic mass is 9.86. The van der Waals surface area contributed by atoms with Crippen molar-refractivity contribution in [3.05, 3.63) is 33.8 Å². The van der Waals surface area contributed by atoms with Gasteiger partial charge < -0.3 is 15.4 Å². The van der Waals surface area contributed by atoms with Crippen molar-refractivity contribution in [1.29, 1.82) is 0 Å². The fourth-order valence-electron chi connectivity index (χ4n) is 3.77. The Morgan fingerprint density at radius 3 is 2.54 bits per heavy atom. The van der Waals surface area contributed by atoms with Gasteiger partial charge >= 0.3 is 0 Å². The van der Waals surface area contributed by atoms with Crippen LogP contribution in [0.3, 0.4) is 0 Å². The summed E-state index contributed by atoms with van der Waals surface area (Å²) in [6.45, 7) is 6.32. The molecular weight excluding hydrogens is 324 g/mol. The number of carbonyl (C=O) groups excluding carboxylic acids is 1. The molecule has 5 heteroatoms. The second-order valence-electron chi connectivity index (χ2n) is 7.24. The zero-order valence-corrected chi connectivity index (χ0v) is 15.3. The van der Waals surface area contributed by atoms with Crippen LogP contribution in [0.5, 0.6) is 0 Å². The molecule has 1 amide bonds. The van der Waals surface area contributed by atoms with Gasteiger partial charge in [-0.3, -0.25) is 4.79 Å². The van der Waals surface area contributed by atoms with Crippen molar-refractivity contribution in [3.63, 3.8) is 0 Å². The molecule has 3 rings (SSSR count). The monoisotopic (exact) mass is 350 g/mol. The molecule has 2 fully saturated rings. The highest BCUT2D eigenvalue weighted by Crippen LogP contribution is 2.30. The number of rotatable bonds is 2. The van der Waals surface area contributed by atoms with E-state index in [-0.39, 0.29) is 18.1 Å². The molecule has 2 aliphatic heterocycles. The molecule has 1 aromatic rings. The Bertz CT molecular complexity index is 612. The smallest absolute Gasteiger partial charge is 0.255 e. The van der Waals surface area contributed by atoms with Gasteiger partial charge in [0.05, 0.1) is 16.7 Å². The molecule has 0 aromatic heterocycles. The minimum absolute atomic E-state index is 0.0443. The minimum atomic E-state index is 0.0443. The minimum Gasteiger partial charge on any atom is -0.378 e. The van der Waals surface area contributed by atoms with Gasteiger partial charge in [-0.15, -0.1) is 0 Å². The van der Waals surface area contributed by atoms with Crippen molar-refractivity contribution in [3.8, 4) is 0 Å². The van der Waals surface area contributed by atoms with Gasteiger partial charge in [-0.1, -0.05) is 11.6 Å². The summed E-state index contributed by atoms with van der Waals surface area (Å²) in [5, 5.41) is 0.548. The molecule has 2 N–H and O–H groups in total. The Labute approximate surface area is 149 Å². The van der Waals surface area contributed by atoms with Crippen LogP contribution in [-0.4, -0.2) is 42.6 Å². The van der Waals surface area contributed by atoms with E-state index in [1.165, 1.54) is 0 Å². The van der Waals surface area contributed by atoms with Crippen molar-refractivity contribution in [2.45, 2.75) is 51.7 Å². The van der Waals surface area contributed by atoms with Crippen LogP contribution in [-0.2, 0) is 4.74 Å². The van der Waals surface area contributed by atoms with Crippen LogP contribution < -0.4 is 5.73 Å². The topological polar surface area (TPSA) is 55.6 Å². The summed E-state index contributed by atoms with van der Waals surface area (Å²) < 4.78 is 5.91. The van der Waals surface area contributed by atoms with Gasteiger partial charge in [0, 0.05) is 25.7 Å². The van der Waals surface area contributed by atoms with E-state index in [0.717, 1.165) is 56.5 Å². The lowest BCUT2D eigenvalue weighted by molar-refractivity contribution is -0.0419. The van der Waals surface area contributed by atoms with Crippen LogP contribution in [0.2, 0.25) is 5.02 Å². The predicted octanol–water partition coefficient (Wildman–Crippen LogP) is 3.32. The normalized spacial score (nSPS) is 25.8. The van der Waals surface area contributed by atoms with Crippen LogP contribution >= 0.6 is 11.6 Å². The number of likely N-dealkylation sites (tertiary alicyclic amines) is 1. The van der Waals surface area contributed by atoms with Crippen LogP contribution in [0.15, 0.2) is 12.1 Å². The van der Waals surface area contributed by atoms with Crippen LogP contribution in [0.25, 0.3) is 0 Å². The molecule has 2 unspecified atom stereocenters. The van der Waals surface area contributed by atoms with Crippen molar-refractivity contribution >= 4 is 17.5 Å². The van der Waals surface area contributed by atoms with E-state index in [1.54, 1.807) is 0 Å². The molecule has 2 atom stereocenters. The molecular formula is C19H27ClN2O2. The third kappa shape index (κ3) is 3.76. The fraction of sp³-hybridized carbons (Fsp3) is 0.632. The fourth-order valence-corrected chi connectivity index (χ4v) is 4.07. The Kier molecular flexibility index (Phi) is 5.48. The Hall–Kier alpha value is -1.10. The number of hydrogen-bond acceptors (Lipinski definition) is 3. The van der Waals surface area contributed by atoms with E-state index in [9.17, 15) is 4.79 Å². The quantitative estimate of drug-likeness (QED) is 0.890. The maximum Gasteiger partial charge on any atom is 0.255 e. The first-order chi connectivity index (χ1) is 11.5. The van der Waals surface area contributed by atoms with Gasteiger partial charge in [-0.05, 0) is 68.7 Å². The number of halogens is 1. The Balaban J connectivity index is 1.62. The maximum atomic E-state index is 12.8. The third-order valence-corrected chi connectivity index (χ3v) is 5.83. The first-order valence-corrected chi connectivity index (χ1v) is 9.26. The van der Waals surface area contributed by atoms with Crippen molar-refractivity contribution in [1.82, 2.24) is 4.90 Å². The number of hydrogen-bond donors (Lipinski definition) is 1. The van der Waals surface area contributed by atoms with E-state index >= 15 is 0 Å². The van der Waals surface area contributed by atoms with E-state index in [4.69, 9.17) is 22.1 Å². The first-order valence-electron chi connectivity index (χ1n) is 8.89. The average Bonchev–Trinajstić information content (AvgIpc) is 2.58. The molecule has 2 aliphatic rings. The highest BCUT2D eigenvalue weighted by Gasteiger charge is 2.32. The maximum absolute atomic E-state index is 12.8. The number of nitrogens with zero attached hydrogens (tertiary/aromatic N) is 1. The molecule has 0 bridgehead atoms. The largest absolute Gasteiger partial charge is 0.378 e. The van der Waals surface area contributed by atoms with Gasteiger partial charge in [0.15, 0.2) is 0 Å². The summed E-state index contributed by atoms with van der Waals surface area (Å²) in [7, 11) is 0. The van der Waals surface area contributed by atoms with E-state index in [0.29, 0.717) is 16.5 Å². The Morgan fingerprint density at radius 2 is 1.88 bits per heavy atom. The lowest BCUT2D eigenvalue weighted by Crippen LogP contribution is -2.45. The molecule has 0 saturated carbocycles. The van der Waals surface area contributed by atoms with E-state index in [1.807, 2.05) is 30.9 Å². The molecule has 0 radical (unpaired) electrons. The predicted molar refractivity (Wildman–Crippen MR) is 96.5 cm³/mol. The second kappa shape index (κ2) is 7.42. The highest BCUT2D eigenvalue weighted by molar-refractivity contribution is 6.34. The zero-order valence-electron chi connectivity index (χ0n) is 14.6. The van der Waals surface area contributed by atoms with Crippen molar-refractivity contribution < 1.29 is 9.53 Å². The summed E-state index contributed by atoms with van der Waals surface area (Å²) in [6.07, 6.45) is 4.12. The number of aryl methyl sites for hydroxylation is 2. The number of amides is 1. The lowest BCUT2D eigenvalue weighted by Gasteiger charge is -2.38. The second-order valence-corrected chi connectivity index (χ2v) is 7.65. The molecule has 0 spiro atoms. The SMILES string of the molecule is Cc1cc(Cl)c(C(=O)N2CCC(C3CC(N)CCO3)CC2)cc1C. The summed E-state index contributed by atoms with van der Waals surface area (Å²) in [4.78, 5) is 14.7. The average molecular weight is 351 g/mol. The van der Waals surface area contributed by atoms with Crippen LogP contribution in [0.1, 0.15) is 47.2 Å². The third-order valence-electron chi connectivity index (χ3n) is 5.52. The summed E-state index contributed by atoms with van der Waals surface area (Å²) >= 11 is 6.30.